The van der Waals surface area contributed by atoms with Crippen LogP contribution in [0.4, 0.5) is 5.82 Å². The van der Waals surface area contributed by atoms with Gasteiger partial charge < -0.3 is 14.2 Å². The molecule has 7 nitrogen and oxygen atoms in total. The fourth-order valence-electron chi connectivity index (χ4n) is 3.13. The molecule has 3 heterocycles. The van der Waals surface area contributed by atoms with E-state index in [-0.39, 0.29) is 5.91 Å². The van der Waals surface area contributed by atoms with E-state index in [1.54, 1.807) is 12.4 Å². The number of oxazole rings is 1. The second-order valence-electron chi connectivity index (χ2n) is 6.16. The minimum Gasteiger partial charge on any atom is -0.444 e. The molecular formula is C19H19N5O2. The number of rotatable bonds is 3. The Morgan fingerprint density at radius 3 is 2.65 bits per heavy atom. The van der Waals surface area contributed by atoms with Crippen LogP contribution in [0.3, 0.4) is 0 Å². The maximum absolute atomic E-state index is 12.8. The van der Waals surface area contributed by atoms with Gasteiger partial charge >= 0.3 is 0 Å². The van der Waals surface area contributed by atoms with Crippen LogP contribution < -0.4 is 4.90 Å². The van der Waals surface area contributed by atoms with E-state index >= 15 is 0 Å². The van der Waals surface area contributed by atoms with Gasteiger partial charge in [-0.25, -0.2) is 4.98 Å². The van der Waals surface area contributed by atoms with Gasteiger partial charge in [0.15, 0.2) is 18.0 Å². The second kappa shape index (κ2) is 7.35. The third kappa shape index (κ3) is 3.42. The molecule has 0 spiro atoms. The predicted octanol–water partition coefficient (Wildman–Crippen LogP) is 2.48. The Kier molecular flexibility index (Phi) is 4.59. The quantitative estimate of drug-likeness (QED) is 0.723. The van der Waals surface area contributed by atoms with Crippen LogP contribution in [-0.4, -0.2) is 52.2 Å². The SMILES string of the molecule is O=C(c1ccc(-c2cnco2)cc1)N1CCCN(c2cccnn2)CC1. The zero-order chi connectivity index (χ0) is 17.8. The second-order valence-corrected chi connectivity index (χ2v) is 6.16. The molecular weight excluding hydrogens is 330 g/mol. The summed E-state index contributed by atoms with van der Waals surface area (Å²) < 4.78 is 5.28. The van der Waals surface area contributed by atoms with E-state index in [0.717, 1.165) is 37.4 Å². The third-order valence-corrected chi connectivity index (χ3v) is 4.51. The number of aromatic nitrogens is 3. The van der Waals surface area contributed by atoms with E-state index in [1.165, 1.54) is 6.39 Å². The summed E-state index contributed by atoms with van der Waals surface area (Å²) in [7, 11) is 0. The molecule has 0 atom stereocenters. The van der Waals surface area contributed by atoms with Crippen LogP contribution in [0.25, 0.3) is 11.3 Å². The molecule has 1 aliphatic heterocycles. The Labute approximate surface area is 151 Å². The third-order valence-electron chi connectivity index (χ3n) is 4.51. The highest BCUT2D eigenvalue weighted by molar-refractivity contribution is 5.94. The van der Waals surface area contributed by atoms with Crippen LogP contribution in [0.1, 0.15) is 16.8 Å². The van der Waals surface area contributed by atoms with Crippen molar-refractivity contribution in [2.24, 2.45) is 0 Å². The molecule has 1 aliphatic rings. The number of hydrogen-bond acceptors (Lipinski definition) is 6. The molecule has 0 N–H and O–H groups in total. The van der Waals surface area contributed by atoms with Crippen molar-refractivity contribution in [3.63, 3.8) is 0 Å². The summed E-state index contributed by atoms with van der Waals surface area (Å²) in [5.41, 5.74) is 1.59. The van der Waals surface area contributed by atoms with E-state index < -0.39 is 0 Å². The molecule has 0 saturated carbocycles. The van der Waals surface area contributed by atoms with Gasteiger partial charge in [-0.3, -0.25) is 4.79 Å². The number of carbonyl (C=O) groups is 1. The summed E-state index contributed by atoms with van der Waals surface area (Å²) in [4.78, 5) is 20.8. The molecule has 0 unspecified atom stereocenters. The molecule has 1 aromatic carbocycles. The molecule has 7 heteroatoms. The van der Waals surface area contributed by atoms with E-state index in [2.05, 4.69) is 20.1 Å². The van der Waals surface area contributed by atoms with Gasteiger partial charge in [0, 0.05) is 43.5 Å². The predicted molar refractivity (Wildman–Crippen MR) is 96.7 cm³/mol. The van der Waals surface area contributed by atoms with Crippen LogP contribution in [0.2, 0.25) is 0 Å². The van der Waals surface area contributed by atoms with E-state index in [4.69, 9.17) is 4.42 Å². The number of amides is 1. The molecule has 132 valence electrons. The lowest BCUT2D eigenvalue weighted by Gasteiger charge is -2.22. The van der Waals surface area contributed by atoms with E-state index in [0.29, 0.717) is 17.9 Å². The smallest absolute Gasteiger partial charge is 0.253 e. The minimum atomic E-state index is 0.0510. The van der Waals surface area contributed by atoms with Gasteiger partial charge in [0.05, 0.1) is 6.20 Å². The molecule has 1 amide bonds. The minimum absolute atomic E-state index is 0.0510. The lowest BCUT2D eigenvalue weighted by molar-refractivity contribution is 0.0767. The molecule has 1 fully saturated rings. The largest absolute Gasteiger partial charge is 0.444 e. The Hall–Kier alpha value is -3.22. The molecule has 3 aromatic rings. The first-order chi connectivity index (χ1) is 12.8. The Morgan fingerprint density at radius 1 is 1.04 bits per heavy atom. The fourth-order valence-corrected chi connectivity index (χ4v) is 3.13. The van der Waals surface area contributed by atoms with Crippen molar-refractivity contribution in [2.45, 2.75) is 6.42 Å². The standard InChI is InChI=1S/C19H19N5O2/c25-19(16-6-4-15(5-7-16)17-13-20-14-26-17)24-10-2-9-23(11-12-24)18-3-1-8-21-22-18/h1,3-8,13-14H,2,9-12H2. The molecule has 4 rings (SSSR count). The average Bonchev–Trinajstić information content (AvgIpc) is 3.13. The van der Waals surface area contributed by atoms with Crippen molar-refractivity contribution < 1.29 is 9.21 Å². The average molecular weight is 349 g/mol. The van der Waals surface area contributed by atoms with Crippen molar-refractivity contribution in [2.75, 3.05) is 31.1 Å². The normalized spacial score (nSPS) is 14.9. The van der Waals surface area contributed by atoms with Crippen molar-refractivity contribution in [3.05, 3.63) is 60.7 Å². The summed E-state index contributed by atoms with van der Waals surface area (Å²) in [6.45, 7) is 3.02. The molecule has 2 aromatic heterocycles. The zero-order valence-corrected chi connectivity index (χ0v) is 14.3. The van der Waals surface area contributed by atoms with Crippen molar-refractivity contribution >= 4 is 11.7 Å². The summed E-state index contributed by atoms with van der Waals surface area (Å²) in [6, 6.07) is 11.3. The van der Waals surface area contributed by atoms with Gasteiger partial charge in [0.25, 0.3) is 5.91 Å². The molecule has 0 aliphatic carbocycles. The summed E-state index contributed by atoms with van der Waals surface area (Å²) >= 11 is 0. The number of nitrogens with zero attached hydrogens (tertiary/aromatic N) is 5. The van der Waals surface area contributed by atoms with Gasteiger partial charge in [0.1, 0.15) is 0 Å². The van der Waals surface area contributed by atoms with Crippen molar-refractivity contribution in [1.29, 1.82) is 0 Å². The number of carbonyl (C=O) groups excluding carboxylic acids is 1. The van der Waals surface area contributed by atoms with Gasteiger partial charge in [0.2, 0.25) is 0 Å². The number of anilines is 1. The monoisotopic (exact) mass is 349 g/mol. The fraction of sp³-hybridized carbons (Fsp3) is 0.263. The first-order valence-electron chi connectivity index (χ1n) is 8.62. The van der Waals surface area contributed by atoms with Crippen LogP contribution in [-0.2, 0) is 0 Å². The van der Waals surface area contributed by atoms with Crippen LogP contribution in [0.15, 0.2) is 59.6 Å². The van der Waals surface area contributed by atoms with E-state index in [1.807, 2.05) is 41.3 Å². The number of benzene rings is 1. The van der Waals surface area contributed by atoms with E-state index in [9.17, 15) is 4.79 Å². The maximum atomic E-state index is 12.8. The Morgan fingerprint density at radius 2 is 1.92 bits per heavy atom. The molecule has 26 heavy (non-hydrogen) atoms. The van der Waals surface area contributed by atoms with Crippen LogP contribution in [0.5, 0.6) is 0 Å². The summed E-state index contributed by atoms with van der Waals surface area (Å²) in [6.07, 6.45) is 5.62. The van der Waals surface area contributed by atoms with Gasteiger partial charge in [-0.2, -0.15) is 5.10 Å². The zero-order valence-electron chi connectivity index (χ0n) is 14.3. The first-order valence-corrected chi connectivity index (χ1v) is 8.62. The maximum Gasteiger partial charge on any atom is 0.253 e. The first kappa shape index (κ1) is 16.3. The van der Waals surface area contributed by atoms with Crippen LogP contribution in [0, 0.1) is 0 Å². The summed E-state index contributed by atoms with van der Waals surface area (Å²) in [5, 5.41) is 8.10. The van der Waals surface area contributed by atoms with Crippen molar-refractivity contribution in [1.82, 2.24) is 20.1 Å². The lowest BCUT2D eigenvalue weighted by atomic mass is 10.1. The van der Waals surface area contributed by atoms with Gasteiger partial charge in [-0.15, -0.1) is 5.10 Å². The number of hydrogen-bond donors (Lipinski definition) is 0. The topological polar surface area (TPSA) is 75.4 Å². The summed E-state index contributed by atoms with van der Waals surface area (Å²) in [5.74, 6) is 1.60. The highest BCUT2D eigenvalue weighted by Crippen LogP contribution is 2.20. The highest BCUT2D eigenvalue weighted by Gasteiger charge is 2.21. The lowest BCUT2D eigenvalue weighted by Crippen LogP contribution is -2.35. The van der Waals surface area contributed by atoms with Gasteiger partial charge in [-0.1, -0.05) is 12.1 Å². The Bertz CT molecular complexity index is 849. The molecule has 1 saturated heterocycles. The molecule has 0 radical (unpaired) electrons. The highest BCUT2D eigenvalue weighted by atomic mass is 16.3. The van der Waals surface area contributed by atoms with Crippen LogP contribution >= 0.6 is 0 Å². The van der Waals surface area contributed by atoms with Crippen molar-refractivity contribution in [3.8, 4) is 11.3 Å². The van der Waals surface area contributed by atoms with Gasteiger partial charge in [-0.05, 0) is 30.7 Å². The molecule has 0 bridgehead atoms. The Balaban J connectivity index is 1.43.